The number of nitrogens with one attached hydrogen (secondary N) is 3. The van der Waals surface area contributed by atoms with Crippen molar-refractivity contribution in [3.8, 4) is 0 Å². The highest BCUT2D eigenvalue weighted by Crippen LogP contribution is 2.06. The average molecular weight is 518 g/mol. The summed E-state index contributed by atoms with van der Waals surface area (Å²) in [7, 11) is 0. The highest BCUT2D eigenvalue weighted by atomic mass is 16.4. The van der Waals surface area contributed by atoms with Gasteiger partial charge < -0.3 is 54.8 Å². The fourth-order valence-corrected chi connectivity index (χ4v) is 3.03. The number of unbranched alkanes of at least 4 members (excludes halogenated alkanes) is 1. The van der Waals surface area contributed by atoms with Gasteiger partial charge in [0.25, 0.3) is 0 Å². The number of nitrogens with zero attached hydrogens (tertiary/aromatic N) is 1. The minimum atomic E-state index is -1.54. The summed E-state index contributed by atoms with van der Waals surface area (Å²) < 4.78 is 0. The quantitative estimate of drug-likeness (QED) is 0.0467. The molecule has 0 heterocycles. The maximum absolute atomic E-state index is 12.9. The van der Waals surface area contributed by atoms with E-state index in [0.29, 0.717) is 19.4 Å². The van der Waals surface area contributed by atoms with E-state index in [-0.39, 0.29) is 31.8 Å². The molecule has 0 aliphatic carbocycles. The number of aliphatic hydroxyl groups is 1. The lowest BCUT2D eigenvalue weighted by molar-refractivity contribution is -0.143. The van der Waals surface area contributed by atoms with Crippen molar-refractivity contribution in [2.75, 3.05) is 13.1 Å². The molecule has 0 aromatic carbocycles. The van der Waals surface area contributed by atoms with E-state index in [2.05, 4.69) is 20.9 Å². The molecule has 0 aliphatic heterocycles. The summed E-state index contributed by atoms with van der Waals surface area (Å²) in [6.07, 6.45) is -0.552. The normalized spacial score (nSPS) is 14.9. The van der Waals surface area contributed by atoms with Gasteiger partial charge in [-0.3, -0.25) is 24.2 Å². The first-order valence-electron chi connectivity index (χ1n) is 11.4. The number of primary amides is 1. The zero-order valence-corrected chi connectivity index (χ0v) is 20.3. The Balaban J connectivity index is 5.40. The van der Waals surface area contributed by atoms with Crippen molar-refractivity contribution in [2.24, 2.45) is 33.7 Å². The summed E-state index contributed by atoms with van der Waals surface area (Å²) in [5.74, 6) is -4.90. The molecule has 0 aromatic heterocycles. The van der Waals surface area contributed by atoms with Crippen molar-refractivity contribution in [2.45, 2.75) is 75.7 Å². The van der Waals surface area contributed by atoms with Crippen LogP contribution >= 0.6 is 0 Å². The van der Waals surface area contributed by atoms with Crippen molar-refractivity contribution >= 4 is 35.6 Å². The van der Waals surface area contributed by atoms with Crippen LogP contribution in [0.1, 0.15) is 45.4 Å². The zero-order chi connectivity index (χ0) is 27.8. The van der Waals surface area contributed by atoms with Crippen molar-refractivity contribution in [3.63, 3.8) is 0 Å². The molecule has 4 amide bonds. The number of nitrogens with two attached hydrogens (primary N) is 5. The third-order valence-corrected chi connectivity index (χ3v) is 4.96. The summed E-state index contributed by atoms with van der Waals surface area (Å²) in [4.78, 5) is 64.2. The SMILES string of the molecule is CC(O)C(NC(=O)C(CCCCN)NC(=O)C(N)CC(N)=O)C(=O)NC(CCCN=C(N)N)C(=O)O. The number of guanidine groups is 1. The lowest BCUT2D eigenvalue weighted by Gasteiger charge is -2.26. The molecule has 0 saturated carbocycles. The monoisotopic (exact) mass is 517 g/mol. The van der Waals surface area contributed by atoms with Gasteiger partial charge in [0.2, 0.25) is 23.6 Å². The fraction of sp³-hybridized carbons (Fsp3) is 0.700. The second-order valence-electron chi connectivity index (χ2n) is 8.20. The van der Waals surface area contributed by atoms with Gasteiger partial charge in [-0.05, 0) is 45.6 Å². The van der Waals surface area contributed by atoms with Crippen LogP contribution in [-0.2, 0) is 24.0 Å². The Hall–Kier alpha value is -3.50. The first kappa shape index (κ1) is 32.5. The smallest absolute Gasteiger partial charge is 0.326 e. The summed E-state index contributed by atoms with van der Waals surface area (Å²) in [5, 5.41) is 26.5. The van der Waals surface area contributed by atoms with Gasteiger partial charge in [0.1, 0.15) is 18.1 Å². The van der Waals surface area contributed by atoms with E-state index >= 15 is 0 Å². The van der Waals surface area contributed by atoms with Crippen LogP contribution in [0.2, 0.25) is 0 Å². The van der Waals surface area contributed by atoms with Crippen LogP contribution < -0.4 is 44.6 Å². The maximum atomic E-state index is 12.9. The minimum absolute atomic E-state index is 0.0200. The van der Waals surface area contributed by atoms with E-state index < -0.39 is 66.3 Å². The predicted octanol–water partition coefficient (Wildman–Crippen LogP) is -4.71. The van der Waals surface area contributed by atoms with Crippen LogP contribution in [0, 0.1) is 0 Å². The van der Waals surface area contributed by atoms with Gasteiger partial charge in [0, 0.05) is 6.54 Å². The third-order valence-electron chi connectivity index (χ3n) is 4.96. The number of aliphatic carboxylic acids is 1. The van der Waals surface area contributed by atoms with Gasteiger partial charge >= 0.3 is 5.97 Å². The number of carbonyl (C=O) groups excluding carboxylic acids is 4. The summed E-state index contributed by atoms with van der Waals surface area (Å²) >= 11 is 0. The molecule has 0 rings (SSSR count). The van der Waals surface area contributed by atoms with E-state index in [1.807, 2.05) is 0 Å². The Morgan fingerprint density at radius 3 is 1.94 bits per heavy atom. The second-order valence-corrected chi connectivity index (χ2v) is 8.20. The van der Waals surface area contributed by atoms with Crippen LogP contribution in [0.25, 0.3) is 0 Å². The summed E-state index contributed by atoms with van der Waals surface area (Å²) in [6, 6.07) is -5.34. The first-order chi connectivity index (χ1) is 16.8. The molecular formula is C20H39N9O7. The minimum Gasteiger partial charge on any atom is -0.480 e. The highest BCUT2D eigenvalue weighted by molar-refractivity contribution is 5.95. The van der Waals surface area contributed by atoms with Gasteiger partial charge in [0.05, 0.1) is 18.6 Å². The number of carbonyl (C=O) groups is 5. The maximum Gasteiger partial charge on any atom is 0.326 e. The molecule has 0 aromatic rings. The number of rotatable bonds is 18. The van der Waals surface area contributed by atoms with Gasteiger partial charge in [-0.25, -0.2) is 4.79 Å². The third kappa shape index (κ3) is 13.4. The predicted molar refractivity (Wildman–Crippen MR) is 130 cm³/mol. The average Bonchev–Trinajstić information content (AvgIpc) is 2.77. The van der Waals surface area contributed by atoms with E-state index in [9.17, 15) is 34.2 Å². The van der Waals surface area contributed by atoms with Gasteiger partial charge in [-0.15, -0.1) is 0 Å². The molecule has 36 heavy (non-hydrogen) atoms. The number of amides is 4. The Morgan fingerprint density at radius 2 is 1.44 bits per heavy atom. The van der Waals surface area contributed by atoms with Crippen LogP contribution in [-0.4, -0.2) is 89.1 Å². The largest absolute Gasteiger partial charge is 0.480 e. The molecule has 0 spiro atoms. The molecule has 16 heteroatoms. The van der Waals surface area contributed by atoms with E-state index in [1.165, 1.54) is 6.92 Å². The van der Waals surface area contributed by atoms with Gasteiger partial charge in [-0.1, -0.05) is 0 Å². The van der Waals surface area contributed by atoms with Gasteiger partial charge in [-0.2, -0.15) is 0 Å². The molecule has 16 nitrogen and oxygen atoms in total. The number of carboxylic acids is 1. The summed E-state index contributed by atoms with van der Waals surface area (Å²) in [6.45, 7) is 1.70. The van der Waals surface area contributed by atoms with Crippen LogP contribution in [0.15, 0.2) is 4.99 Å². The van der Waals surface area contributed by atoms with Gasteiger partial charge in [0.15, 0.2) is 5.96 Å². The molecule has 0 radical (unpaired) electrons. The van der Waals surface area contributed by atoms with Crippen molar-refractivity contribution in [1.82, 2.24) is 16.0 Å². The number of carboxylic acid groups (broad SMARTS) is 1. The Bertz CT molecular complexity index is 787. The lowest BCUT2D eigenvalue weighted by Crippen LogP contribution is -2.60. The number of aliphatic imine (C=N–C) groups is 1. The standard InChI is InChI=1S/C20H39N9O7/c1-10(30)15(18(34)28-13(19(35)36)6-4-8-26-20(24)25)29-17(33)12(5-2-3-7-21)27-16(32)11(22)9-14(23)31/h10-13,15,30H,2-9,21-22H2,1H3,(H2,23,31)(H,27,32)(H,28,34)(H,29,33)(H,35,36)(H4,24,25,26). The van der Waals surface area contributed by atoms with E-state index in [0.717, 1.165) is 0 Å². The molecule has 0 fully saturated rings. The molecule has 206 valence electrons. The zero-order valence-electron chi connectivity index (χ0n) is 20.3. The Kier molecular flexibility index (Phi) is 15.4. The number of hydrogen-bond acceptors (Lipinski definition) is 9. The number of aliphatic hydroxyl groups excluding tert-OH is 1. The molecule has 5 unspecified atom stereocenters. The van der Waals surface area contributed by atoms with Crippen LogP contribution in [0.3, 0.4) is 0 Å². The lowest BCUT2D eigenvalue weighted by atomic mass is 10.0. The molecule has 15 N–H and O–H groups in total. The molecule has 0 saturated heterocycles. The summed E-state index contributed by atoms with van der Waals surface area (Å²) in [5.41, 5.74) is 26.6. The van der Waals surface area contributed by atoms with E-state index in [4.69, 9.17) is 28.7 Å². The van der Waals surface area contributed by atoms with Crippen molar-refractivity contribution in [3.05, 3.63) is 0 Å². The Labute approximate surface area is 208 Å². The molecule has 0 bridgehead atoms. The van der Waals surface area contributed by atoms with Crippen LogP contribution in [0.5, 0.6) is 0 Å². The fourth-order valence-electron chi connectivity index (χ4n) is 3.03. The second kappa shape index (κ2) is 17.0. The Morgan fingerprint density at radius 1 is 0.861 bits per heavy atom. The molecular weight excluding hydrogens is 478 g/mol. The van der Waals surface area contributed by atoms with Crippen molar-refractivity contribution < 1.29 is 34.2 Å². The highest BCUT2D eigenvalue weighted by Gasteiger charge is 2.32. The van der Waals surface area contributed by atoms with E-state index in [1.54, 1.807) is 0 Å². The topological polar surface area (TPSA) is 304 Å². The number of hydrogen-bond donors (Lipinski definition) is 10. The van der Waals surface area contributed by atoms with Crippen LogP contribution in [0.4, 0.5) is 0 Å². The molecule has 0 aliphatic rings. The van der Waals surface area contributed by atoms with Crippen molar-refractivity contribution in [1.29, 1.82) is 0 Å². The molecule has 5 atom stereocenters. The first-order valence-corrected chi connectivity index (χ1v) is 11.4.